The number of aromatic nitrogens is 1. The molecule has 1 amide bonds. The van der Waals surface area contributed by atoms with Crippen LogP contribution in [0.3, 0.4) is 0 Å². The number of benzene rings is 1. The summed E-state index contributed by atoms with van der Waals surface area (Å²) in [5.74, 6) is -1.64. The molecule has 1 aromatic heterocycles. The number of hydrogen-bond acceptors (Lipinski definition) is 5. The lowest BCUT2D eigenvalue weighted by Gasteiger charge is -2.09. The Labute approximate surface area is 132 Å². The summed E-state index contributed by atoms with van der Waals surface area (Å²) in [4.78, 5) is 27.6. The first-order valence-corrected chi connectivity index (χ1v) is 6.90. The van der Waals surface area contributed by atoms with Crippen molar-refractivity contribution in [3.63, 3.8) is 0 Å². The smallest absolute Gasteiger partial charge is 0.344 e. The van der Waals surface area contributed by atoms with Crippen molar-refractivity contribution in [1.29, 1.82) is 0 Å². The highest BCUT2D eigenvalue weighted by Crippen LogP contribution is 2.15. The minimum absolute atomic E-state index is 0.132. The average Bonchev–Trinajstić information content (AvgIpc) is 2.53. The Balaban J connectivity index is 1.92. The third kappa shape index (κ3) is 4.77. The van der Waals surface area contributed by atoms with E-state index in [9.17, 15) is 14.0 Å². The van der Waals surface area contributed by atoms with Crippen molar-refractivity contribution in [2.75, 3.05) is 18.5 Å². The van der Waals surface area contributed by atoms with E-state index in [1.807, 2.05) is 0 Å². The van der Waals surface area contributed by atoms with E-state index < -0.39 is 24.3 Å². The van der Waals surface area contributed by atoms with Crippen molar-refractivity contribution in [2.45, 2.75) is 6.92 Å². The Kier molecular flexibility index (Phi) is 5.62. The third-order valence-corrected chi connectivity index (χ3v) is 2.71. The van der Waals surface area contributed by atoms with Gasteiger partial charge < -0.3 is 14.8 Å². The number of amides is 1. The number of nitrogens with one attached hydrogen (secondary N) is 1. The number of esters is 1. The summed E-state index contributed by atoms with van der Waals surface area (Å²) in [6.07, 6.45) is 1.48. The molecule has 0 spiro atoms. The predicted molar refractivity (Wildman–Crippen MR) is 80.7 cm³/mol. The number of ether oxygens (including phenoxy) is 2. The zero-order valence-corrected chi connectivity index (χ0v) is 12.4. The molecule has 0 aliphatic heterocycles. The molecule has 0 atom stereocenters. The average molecular weight is 318 g/mol. The van der Waals surface area contributed by atoms with E-state index in [-0.39, 0.29) is 17.1 Å². The van der Waals surface area contributed by atoms with Gasteiger partial charge in [-0.05, 0) is 37.3 Å². The van der Waals surface area contributed by atoms with Crippen molar-refractivity contribution in [1.82, 2.24) is 4.98 Å². The van der Waals surface area contributed by atoms with Crippen molar-refractivity contribution < 1.29 is 23.5 Å². The largest absolute Gasteiger partial charge is 0.477 e. The molecule has 7 heteroatoms. The molecule has 1 heterocycles. The maximum atomic E-state index is 13.0. The number of carbonyl (C=O) groups is 2. The Morgan fingerprint density at radius 2 is 2.09 bits per heavy atom. The van der Waals surface area contributed by atoms with E-state index in [1.165, 1.54) is 30.5 Å². The van der Waals surface area contributed by atoms with E-state index >= 15 is 0 Å². The van der Waals surface area contributed by atoms with Gasteiger partial charge in [0.2, 0.25) is 5.88 Å². The van der Waals surface area contributed by atoms with Crippen molar-refractivity contribution >= 4 is 17.6 Å². The highest BCUT2D eigenvalue weighted by Gasteiger charge is 2.16. The molecular weight excluding hydrogens is 303 g/mol. The van der Waals surface area contributed by atoms with E-state index in [0.29, 0.717) is 6.61 Å². The van der Waals surface area contributed by atoms with Gasteiger partial charge in [0.1, 0.15) is 11.4 Å². The Hall–Kier alpha value is -2.96. The van der Waals surface area contributed by atoms with Gasteiger partial charge in [0.25, 0.3) is 5.91 Å². The van der Waals surface area contributed by atoms with Crippen LogP contribution in [-0.4, -0.2) is 30.1 Å². The minimum atomic E-state index is -0.726. The molecule has 2 aromatic rings. The lowest BCUT2D eigenvalue weighted by Crippen LogP contribution is -2.21. The molecule has 6 nitrogen and oxygen atoms in total. The van der Waals surface area contributed by atoms with Crippen LogP contribution in [0.25, 0.3) is 0 Å². The summed E-state index contributed by atoms with van der Waals surface area (Å²) in [6.45, 7) is 1.60. The highest BCUT2D eigenvalue weighted by molar-refractivity contribution is 5.96. The molecule has 0 aliphatic rings. The molecule has 0 saturated carbocycles. The molecule has 120 valence electrons. The Bertz CT molecular complexity index is 706. The van der Waals surface area contributed by atoms with Gasteiger partial charge in [0.15, 0.2) is 6.61 Å². The molecule has 0 saturated heterocycles. The Morgan fingerprint density at radius 1 is 1.26 bits per heavy atom. The van der Waals surface area contributed by atoms with Gasteiger partial charge in [-0.3, -0.25) is 4.79 Å². The lowest BCUT2D eigenvalue weighted by atomic mass is 10.3. The fourth-order valence-corrected chi connectivity index (χ4v) is 1.77. The normalized spacial score (nSPS) is 10.0. The van der Waals surface area contributed by atoms with Crippen molar-refractivity contribution in [2.24, 2.45) is 0 Å². The second-order valence-corrected chi connectivity index (χ2v) is 4.42. The first kappa shape index (κ1) is 16.4. The van der Waals surface area contributed by atoms with Gasteiger partial charge in [0.05, 0.1) is 6.61 Å². The summed E-state index contributed by atoms with van der Waals surface area (Å²) in [7, 11) is 0. The summed E-state index contributed by atoms with van der Waals surface area (Å²) in [6, 6.07) is 8.45. The molecule has 0 radical (unpaired) electrons. The molecule has 2 rings (SSSR count). The molecule has 23 heavy (non-hydrogen) atoms. The molecule has 1 aromatic carbocycles. The maximum absolute atomic E-state index is 13.0. The summed E-state index contributed by atoms with van der Waals surface area (Å²) in [5.41, 5.74) is 0.412. The number of hydrogen-bond donors (Lipinski definition) is 1. The van der Waals surface area contributed by atoms with E-state index in [2.05, 4.69) is 10.3 Å². The number of halogens is 1. The zero-order chi connectivity index (χ0) is 16.7. The number of anilines is 1. The minimum Gasteiger partial charge on any atom is -0.477 e. The van der Waals surface area contributed by atoms with Crippen molar-refractivity contribution in [3.05, 3.63) is 54.0 Å². The number of pyridine rings is 1. The fraction of sp³-hybridized carbons (Fsp3) is 0.188. The molecular formula is C16H15FN2O4. The predicted octanol–water partition coefficient (Wildman–Crippen LogP) is 2.41. The van der Waals surface area contributed by atoms with Crippen molar-refractivity contribution in [3.8, 4) is 5.88 Å². The van der Waals surface area contributed by atoms with Gasteiger partial charge in [-0.25, -0.2) is 14.2 Å². The zero-order valence-electron chi connectivity index (χ0n) is 12.4. The standard InChI is InChI=1S/C16H15FN2O4/c1-2-22-15-13(7-4-8-18-15)16(21)23-10-14(20)19-12-6-3-5-11(17)9-12/h3-9H,2,10H2,1H3,(H,19,20). The summed E-state index contributed by atoms with van der Waals surface area (Å²) < 4.78 is 23.1. The van der Waals surface area contributed by atoms with Gasteiger partial charge in [-0.15, -0.1) is 0 Å². The summed E-state index contributed by atoms with van der Waals surface area (Å²) >= 11 is 0. The van der Waals surface area contributed by atoms with Crippen LogP contribution in [0.15, 0.2) is 42.6 Å². The van der Waals surface area contributed by atoms with Gasteiger partial charge >= 0.3 is 5.97 Å². The van der Waals surface area contributed by atoms with Crippen LogP contribution in [0, 0.1) is 5.82 Å². The molecule has 0 aliphatic carbocycles. The maximum Gasteiger partial charge on any atom is 0.344 e. The number of rotatable bonds is 6. The van der Waals surface area contributed by atoms with Gasteiger partial charge in [-0.2, -0.15) is 0 Å². The SMILES string of the molecule is CCOc1ncccc1C(=O)OCC(=O)Nc1cccc(F)c1. The van der Waals surface area contributed by atoms with Crippen LogP contribution in [0.5, 0.6) is 5.88 Å². The second kappa shape index (κ2) is 7.88. The third-order valence-electron chi connectivity index (χ3n) is 2.71. The molecule has 0 fully saturated rings. The first-order chi connectivity index (χ1) is 11.1. The van der Waals surface area contributed by atoms with Crippen LogP contribution in [-0.2, 0) is 9.53 Å². The number of carbonyl (C=O) groups excluding carboxylic acids is 2. The number of nitrogens with zero attached hydrogens (tertiary/aromatic N) is 1. The van der Waals surface area contributed by atoms with Crippen LogP contribution < -0.4 is 10.1 Å². The van der Waals surface area contributed by atoms with E-state index in [1.54, 1.807) is 13.0 Å². The van der Waals surface area contributed by atoms with Crippen LogP contribution in [0.2, 0.25) is 0 Å². The van der Waals surface area contributed by atoms with Crippen LogP contribution in [0.4, 0.5) is 10.1 Å². The lowest BCUT2D eigenvalue weighted by molar-refractivity contribution is -0.119. The molecule has 0 bridgehead atoms. The fourth-order valence-electron chi connectivity index (χ4n) is 1.77. The van der Waals surface area contributed by atoms with E-state index in [4.69, 9.17) is 9.47 Å². The Morgan fingerprint density at radius 3 is 2.83 bits per heavy atom. The molecule has 1 N–H and O–H groups in total. The highest BCUT2D eigenvalue weighted by atomic mass is 19.1. The van der Waals surface area contributed by atoms with Gasteiger partial charge in [-0.1, -0.05) is 6.07 Å². The summed E-state index contributed by atoms with van der Waals surface area (Å²) in [5, 5.41) is 2.43. The van der Waals surface area contributed by atoms with Crippen LogP contribution in [0.1, 0.15) is 17.3 Å². The van der Waals surface area contributed by atoms with Crippen LogP contribution >= 0.6 is 0 Å². The molecule has 0 unspecified atom stereocenters. The van der Waals surface area contributed by atoms with E-state index in [0.717, 1.165) is 6.07 Å². The topological polar surface area (TPSA) is 77.5 Å². The monoisotopic (exact) mass is 318 g/mol. The first-order valence-electron chi connectivity index (χ1n) is 6.90. The van der Waals surface area contributed by atoms with Gasteiger partial charge in [0, 0.05) is 11.9 Å². The second-order valence-electron chi connectivity index (χ2n) is 4.42. The quantitative estimate of drug-likeness (QED) is 0.828.